The van der Waals surface area contributed by atoms with Crippen LogP contribution in [-0.4, -0.2) is 12.6 Å². The van der Waals surface area contributed by atoms with Gasteiger partial charge in [0.15, 0.2) is 0 Å². The number of hydrogen-bond acceptors (Lipinski definition) is 2. The van der Waals surface area contributed by atoms with E-state index in [4.69, 9.17) is 4.42 Å². The van der Waals surface area contributed by atoms with Gasteiger partial charge < -0.3 is 9.73 Å². The Balaban J connectivity index is 1.67. The Kier molecular flexibility index (Phi) is 3.15. The lowest BCUT2D eigenvalue weighted by atomic mass is 9.92. The van der Waals surface area contributed by atoms with Crippen molar-refractivity contribution in [1.82, 2.24) is 5.32 Å². The summed E-state index contributed by atoms with van der Waals surface area (Å²) in [6.45, 7) is 5.76. The fraction of sp³-hybridized carbons (Fsp3) is 0.692. The summed E-state index contributed by atoms with van der Waals surface area (Å²) in [4.78, 5) is 0. The molecule has 1 aromatic rings. The fourth-order valence-electron chi connectivity index (χ4n) is 2.46. The van der Waals surface area contributed by atoms with Gasteiger partial charge in [-0.1, -0.05) is 13.8 Å². The fourth-order valence-corrected chi connectivity index (χ4v) is 2.46. The zero-order chi connectivity index (χ0) is 10.7. The zero-order valence-corrected chi connectivity index (χ0v) is 9.75. The normalized spacial score (nSPS) is 24.5. The average molecular weight is 207 g/mol. The SMILES string of the molecule is CC1(C)CCC(NCCc2ccco2)C1. The second-order valence-corrected chi connectivity index (χ2v) is 5.39. The summed E-state index contributed by atoms with van der Waals surface area (Å²) in [6.07, 6.45) is 6.74. The maximum Gasteiger partial charge on any atom is 0.105 e. The lowest BCUT2D eigenvalue weighted by Gasteiger charge is -2.17. The molecule has 15 heavy (non-hydrogen) atoms. The summed E-state index contributed by atoms with van der Waals surface area (Å²) in [5.41, 5.74) is 0.544. The van der Waals surface area contributed by atoms with Gasteiger partial charge in [0, 0.05) is 19.0 Å². The zero-order valence-electron chi connectivity index (χ0n) is 9.75. The first-order valence-electron chi connectivity index (χ1n) is 5.91. The molecule has 0 spiro atoms. The molecule has 1 aliphatic carbocycles. The van der Waals surface area contributed by atoms with Crippen molar-refractivity contribution in [3.8, 4) is 0 Å². The van der Waals surface area contributed by atoms with Crippen LogP contribution in [0.15, 0.2) is 22.8 Å². The van der Waals surface area contributed by atoms with E-state index < -0.39 is 0 Å². The maximum absolute atomic E-state index is 5.30. The highest BCUT2D eigenvalue weighted by Gasteiger charge is 2.30. The molecule has 1 N–H and O–H groups in total. The standard InChI is InChI=1S/C13H21NO/c1-13(2)7-5-11(10-13)14-8-6-12-4-3-9-15-12/h3-4,9,11,14H,5-8,10H2,1-2H3. The molecule has 0 saturated heterocycles. The van der Waals surface area contributed by atoms with E-state index in [9.17, 15) is 0 Å². The predicted molar refractivity (Wildman–Crippen MR) is 61.8 cm³/mol. The molecule has 1 fully saturated rings. The van der Waals surface area contributed by atoms with E-state index in [1.165, 1.54) is 19.3 Å². The smallest absolute Gasteiger partial charge is 0.105 e. The van der Waals surface area contributed by atoms with Crippen LogP contribution in [0.5, 0.6) is 0 Å². The molecule has 1 aliphatic rings. The Labute approximate surface area is 92.1 Å². The lowest BCUT2D eigenvalue weighted by molar-refractivity contribution is 0.364. The third kappa shape index (κ3) is 3.10. The van der Waals surface area contributed by atoms with Gasteiger partial charge in [-0.3, -0.25) is 0 Å². The van der Waals surface area contributed by atoms with E-state index in [1.54, 1.807) is 6.26 Å². The van der Waals surface area contributed by atoms with Crippen LogP contribution >= 0.6 is 0 Å². The molecule has 1 heterocycles. The largest absolute Gasteiger partial charge is 0.469 e. The average Bonchev–Trinajstić information content (AvgIpc) is 2.76. The van der Waals surface area contributed by atoms with Gasteiger partial charge in [-0.25, -0.2) is 0 Å². The number of furan rings is 1. The third-order valence-electron chi connectivity index (χ3n) is 3.35. The van der Waals surface area contributed by atoms with Crippen molar-refractivity contribution >= 4 is 0 Å². The van der Waals surface area contributed by atoms with E-state index in [0.29, 0.717) is 5.41 Å². The van der Waals surface area contributed by atoms with Crippen LogP contribution in [0.3, 0.4) is 0 Å². The summed E-state index contributed by atoms with van der Waals surface area (Å²) < 4.78 is 5.30. The molecule has 2 rings (SSSR count). The number of hydrogen-bond donors (Lipinski definition) is 1. The minimum absolute atomic E-state index is 0.544. The van der Waals surface area contributed by atoms with Gasteiger partial charge in [-0.2, -0.15) is 0 Å². The Hall–Kier alpha value is -0.760. The lowest BCUT2D eigenvalue weighted by Crippen LogP contribution is -2.29. The van der Waals surface area contributed by atoms with Crippen molar-refractivity contribution in [1.29, 1.82) is 0 Å². The van der Waals surface area contributed by atoms with Crippen LogP contribution in [-0.2, 0) is 6.42 Å². The molecule has 2 nitrogen and oxygen atoms in total. The highest BCUT2D eigenvalue weighted by Crippen LogP contribution is 2.36. The van der Waals surface area contributed by atoms with Crippen molar-refractivity contribution in [3.05, 3.63) is 24.2 Å². The number of rotatable bonds is 4. The van der Waals surface area contributed by atoms with Crippen LogP contribution < -0.4 is 5.32 Å². The van der Waals surface area contributed by atoms with Crippen molar-refractivity contribution in [3.63, 3.8) is 0 Å². The van der Waals surface area contributed by atoms with Gasteiger partial charge in [-0.15, -0.1) is 0 Å². The maximum atomic E-state index is 5.30. The third-order valence-corrected chi connectivity index (χ3v) is 3.35. The van der Waals surface area contributed by atoms with Crippen LogP contribution in [0.2, 0.25) is 0 Å². The first-order chi connectivity index (χ1) is 7.16. The quantitative estimate of drug-likeness (QED) is 0.821. The number of nitrogens with one attached hydrogen (secondary N) is 1. The van der Waals surface area contributed by atoms with Gasteiger partial charge in [0.25, 0.3) is 0 Å². The van der Waals surface area contributed by atoms with Crippen LogP contribution in [0.1, 0.15) is 38.9 Å². The molecule has 0 radical (unpaired) electrons. The van der Waals surface area contributed by atoms with Gasteiger partial charge in [-0.05, 0) is 36.8 Å². The Bertz CT molecular complexity index is 289. The van der Waals surface area contributed by atoms with E-state index in [1.807, 2.05) is 12.1 Å². The van der Waals surface area contributed by atoms with E-state index in [-0.39, 0.29) is 0 Å². The van der Waals surface area contributed by atoms with Gasteiger partial charge in [0.2, 0.25) is 0 Å². The van der Waals surface area contributed by atoms with Gasteiger partial charge in [0.1, 0.15) is 5.76 Å². The monoisotopic (exact) mass is 207 g/mol. The summed E-state index contributed by atoms with van der Waals surface area (Å²) in [7, 11) is 0. The first kappa shape index (κ1) is 10.7. The molecule has 1 atom stereocenters. The van der Waals surface area contributed by atoms with Gasteiger partial charge in [0.05, 0.1) is 6.26 Å². The molecule has 2 heteroatoms. The van der Waals surface area contributed by atoms with Gasteiger partial charge >= 0.3 is 0 Å². The molecule has 84 valence electrons. The van der Waals surface area contributed by atoms with Crippen LogP contribution in [0, 0.1) is 5.41 Å². The summed E-state index contributed by atoms with van der Waals surface area (Å²) >= 11 is 0. The first-order valence-corrected chi connectivity index (χ1v) is 5.91. The minimum atomic E-state index is 0.544. The molecule has 0 aromatic carbocycles. The Morgan fingerprint density at radius 3 is 3.00 bits per heavy atom. The molecule has 0 aliphatic heterocycles. The van der Waals surface area contributed by atoms with E-state index in [2.05, 4.69) is 19.2 Å². The molecule has 1 unspecified atom stereocenters. The van der Waals surface area contributed by atoms with E-state index in [0.717, 1.165) is 24.8 Å². The summed E-state index contributed by atoms with van der Waals surface area (Å²) in [5.74, 6) is 1.08. The van der Waals surface area contributed by atoms with Crippen molar-refractivity contribution in [2.45, 2.75) is 45.6 Å². The molecule has 1 aromatic heterocycles. The Morgan fingerprint density at radius 2 is 2.40 bits per heavy atom. The minimum Gasteiger partial charge on any atom is -0.469 e. The molecular formula is C13H21NO. The second-order valence-electron chi connectivity index (χ2n) is 5.39. The molecule has 1 saturated carbocycles. The van der Waals surface area contributed by atoms with Crippen molar-refractivity contribution in [2.75, 3.05) is 6.54 Å². The highest BCUT2D eigenvalue weighted by molar-refractivity contribution is 4.98. The van der Waals surface area contributed by atoms with Crippen LogP contribution in [0.4, 0.5) is 0 Å². The van der Waals surface area contributed by atoms with Crippen molar-refractivity contribution < 1.29 is 4.42 Å². The molecule has 0 bridgehead atoms. The Morgan fingerprint density at radius 1 is 1.53 bits per heavy atom. The van der Waals surface area contributed by atoms with Crippen LogP contribution in [0.25, 0.3) is 0 Å². The van der Waals surface area contributed by atoms with Crippen molar-refractivity contribution in [2.24, 2.45) is 5.41 Å². The second kappa shape index (κ2) is 4.40. The highest BCUT2D eigenvalue weighted by atomic mass is 16.3. The summed E-state index contributed by atoms with van der Waals surface area (Å²) in [6, 6.07) is 4.71. The molecule has 0 amide bonds. The molecular weight excluding hydrogens is 186 g/mol. The topological polar surface area (TPSA) is 25.2 Å². The van der Waals surface area contributed by atoms with E-state index >= 15 is 0 Å². The predicted octanol–water partition coefficient (Wildman–Crippen LogP) is 2.99. The summed E-state index contributed by atoms with van der Waals surface area (Å²) in [5, 5.41) is 3.62.